The van der Waals surface area contributed by atoms with Gasteiger partial charge >= 0.3 is 0 Å². The zero-order valence-corrected chi connectivity index (χ0v) is 10.3. The topological polar surface area (TPSA) is 25.8 Å². The van der Waals surface area contributed by atoms with Crippen molar-refractivity contribution in [3.8, 4) is 11.3 Å². The van der Waals surface area contributed by atoms with Gasteiger partial charge in [0.05, 0.1) is 5.69 Å². The molecule has 0 radical (unpaired) electrons. The summed E-state index contributed by atoms with van der Waals surface area (Å²) in [5.41, 5.74) is 5.83. The Morgan fingerprint density at radius 1 is 1.00 bits per heavy atom. The van der Waals surface area contributed by atoms with Crippen LogP contribution in [0, 0.1) is 20.8 Å². The van der Waals surface area contributed by atoms with E-state index in [1.54, 1.807) is 6.20 Å². The van der Waals surface area contributed by atoms with Gasteiger partial charge in [-0.3, -0.25) is 0 Å². The summed E-state index contributed by atoms with van der Waals surface area (Å²) in [4.78, 5) is 8.12. The maximum Gasteiger partial charge on any atom is 0.222 e. The van der Waals surface area contributed by atoms with Crippen LogP contribution in [0.25, 0.3) is 11.3 Å². The summed E-state index contributed by atoms with van der Waals surface area (Å²) >= 11 is 5.80. The second-order valence-electron chi connectivity index (χ2n) is 3.89. The summed E-state index contributed by atoms with van der Waals surface area (Å²) in [5.74, 6) is 0. The zero-order chi connectivity index (χ0) is 11.7. The van der Waals surface area contributed by atoms with E-state index < -0.39 is 0 Å². The van der Waals surface area contributed by atoms with Gasteiger partial charge in [-0.25, -0.2) is 9.97 Å². The molecule has 0 aliphatic rings. The lowest BCUT2D eigenvalue weighted by Gasteiger charge is -2.10. The Kier molecular flexibility index (Phi) is 2.92. The second-order valence-corrected chi connectivity index (χ2v) is 4.23. The van der Waals surface area contributed by atoms with Gasteiger partial charge in [-0.2, -0.15) is 0 Å². The van der Waals surface area contributed by atoms with Crippen LogP contribution in [0.5, 0.6) is 0 Å². The van der Waals surface area contributed by atoms with Crippen molar-refractivity contribution in [3.05, 3.63) is 46.4 Å². The van der Waals surface area contributed by atoms with Crippen LogP contribution in [0.15, 0.2) is 24.4 Å². The van der Waals surface area contributed by atoms with Gasteiger partial charge in [0, 0.05) is 11.8 Å². The van der Waals surface area contributed by atoms with Gasteiger partial charge in [0.25, 0.3) is 0 Å². The van der Waals surface area contributed by atoms with Crippen LogP contribution >= 0.6 is 11.6 Å². The van der Waals surface area contributed by atoms with E-state index in [1.807, 2.05) is 6.07 Å². The van der Waals surface area contributed by atoms with Crippen molar-refractivity contribution in [2.24, 2.45) is 0 Å². The molecule has 16 heavy (non-hydrogen) atoms. The highest BCUT2D eigenvalue weighted by molar-refractivity contribution is 6.28. The molecule has 0 saturated heterocycles. The van der Waals surface area contributed by atoms with Crippen LogP contribution in [0.3, 0.4) is 0 Å². The van der Waals surface area contributed by atoms with Gasteiger partial charge < -0.3 is 0 Å². The van der Waals surface area contributed by atoms with E-state index in [-0.39, 0.29) is 5.28 Å². The first-order valence-electron chi connectivity index (χ1n) is 5.15. The molecule has 0 saturated carbocycles. The average molecular weight is 233 g/mol. The Balaban J connectivity index is 2.61. The molecule has 1 aromatic heterocycles. The molecule has 0 aliphatic carbocycles. The summed E-state index contributed by atoms with van der Waals surface area (Å²) < 4.78 is 0. The molecule has 1 heterocycles. The number of aromatic nitrogens is 2. The smallest absolute Gasteiger partial charge is 0.222 e. The minimum Gasteiger partial charge on any atom is -0.226 e. The molecule has 0 aliphatic heterocycles. The fourth-order valence-electron chi connectivity index (χ4n) is 1.72. The Morgan fingerprint density at radius 2 is 1.75 bits per heavy atom. The van der Waals surface area contributed by atoms with Crippen molar-refractivity contribution in [1.82, 2.24) is 9.97 Å². The summed E-state index contributed by atoms with van der Waals surface area (Å²) in [5, 5.41) is 0.287. The summed E-state index contributed by atoms with van der Waals surface area (Å²) in [6.45, 7) is 6.34. The molecule has 0 atom stereocenters. The Labute approximate surface area is 100 Å². The molecule has 0 bridgehead atoms. The summed E-state index contributed by atoms with van der Waals surface area (Å²) in [6, 6.07) is 6.06. The normalized spacial score (nSPS) is 10.5. The predicted molar refractivity (Wildman–Crippen MR) is 66.7 cm³/mol. The molecule has 2 rings (SSSR count). The fourth-order valence-corrected chi connectivity index (χ4v) is 1.87. The van der Waals surface area contributed by atoms with E-state index in [2.05, 4.69) is 42.9 Å². The van der Waals surface area contributed by atoms with E-state index in [1.165, 1.54) is 16.7 Å². The Morgan fingerprint density at radius 3 is 2.44 bits per heavy atom. The van der Waals surface area contributed by atoms with Crippen LogP contribution in [0.1, 0.15) is 16.7 Å². The van der Waals surface area contributed by atoms with Crippen LogP contribution in [-0.4, -0.2) is 9.97 Å². The number of hydrogen-bond acceptors (Lipinski definition) is 2. The average Bonchev–Trinajstić information content (AvgIpc) is 2.26. The van der Waals surface area contributed by atoms with Crippen molar-refractivity contribution in [3.63, 3.8) is 0 Å². The third-order valence-electron chi connectivity index (χ3n) is 2.96. The number of halogens is 1. The molecule has 0 spiro atoms. The van der Waals surface area contributed by atoms with Crippen LogP contribution in [0.4, 0.5) is 0 Å². The molecule has 2 nitrogen and oxygen atoms in total. The molecule has 3 heteroatoms. The van der Waals surface area contributed by atoms with Gasteiger partial charge in [-0.05, 0) is 55.1 Å². The Bertz CT molecular complexity index is 535. The van der Waals surface area contributed by atoms with E-state index in [9.17, 15) is 0 Å². The molecule has 82 valence electrons. The predicted octanol–water partition coefficient (Wildman–Crippen LogP) is 3.72. The number of nitrogens with zero attached hydrogens (tertiary/aromatic N) is 2. The first-order chi connectivity index (χ1) is 7.59. The molecule has 1 aromatic carbocycles. The monoisotopic (exact) mass is 232 g/mol. The van der Waals surface area contributed by atoms with Crippen molar-refractivity contribution in [2.75, 3.05) is 0 Å². The van der Waals surface area contributed by atoms with Crippen molar-refractivity contribution in [2.45, 2.75) is 20.8 Å². The fraction of sp³-hybridized carbons (Fsp3) is 0.231. The third-order valence-corrected chi connectivity index (χ3v) is 3.14. The third kappa shape index (κ3) is 1.93. The highest BCUT2D eigenvalue weighted by Crippen LogP contribution is 2.26. The van der Waals surface area contributed by atoms with E-state index in [0.29, 0.717) is 0 Å². The number of hydrogen-bond donors (Lipinski definition) is 0. The maximum atomic E-state index is 5.80. The quantitative estimate of drug-likeness (QED) is 0.701. The summed E-state index contributed by atoms with van der Waals surface area (Å²) in [6.07, 6.45) is 1.68. The van der Waals surface area contributed by atoms with Crippen molar-refractivity contribution in [1.29, 1.82) is 0 Å². The lowest BCUT2D eigenvalue weighted by molar-refractivity contribution is 1.16. The van der Waals surface area contributed by atoms with E-state index >= 15 is 0 Å². The van der Waals surface area contributed by atoms with E-state index in [4.69, 9.17) is 11.6 Å². The van der Waals surface area contributed by atoms with Gasteiger partial charge in [0.15, 0.2) is 0 Å². The van der Waals surface area contributed by atoms with Gasteiger partial charge in [0.2, 0.25) is 5.28 Å². The standard InChI is InChI=1S/C13H13ClN2/c1-8-4-5-11(10(3)9(8)2)12-6-7-15-13(14)16-12/h4-7H,1-3H3. The molecular weight excluding hydrogens is 220 g/mol. The molecule has 2 aromatic rings. The molecule has 0 N–H and O–H groups in total. The molecule has 0 fully saturated rings. The highest BCUT2D eigenvalue weighted by Gasteiger charge is 2.07. The number of benzene rings is 1. The van der Waals surface area contributed by atoms with Crippen LogP contribution in [0.2, 0.25) is 5.28 Å². The minimum atomic E-state index is 0.287. The molecular formula is C13H13ClN2. The Hall–Kier alpha value is -1.41. The molecule has 0 amide bonds. The first-order valence-corrected chi connectivity index (χ1v) is 5.53. The van der Waals surface area contributed by atoms with Crippen LogP contribution in [-0.2, 0) is 0 Å². The number of aryl methyl sites for hydroxylation is 1. The second kappa shape index (κ2) is 4.22. The first kappa shape index (κ1) is 11.1. The van der Waals surface area contributed by atoms with Gasteiger partial charge in [-0.1, -0.05) is 12.1 Å². The van der Waals surface area contributed by atoms with Crippen molar-refractivity contribution >= 4 is 11.6 Å². The van der Waals surface area contributed by atoms with Crippen LogP contribution < -0.4 is 0 Å². The largest absolute Gasteiger partial charge is 0.226 e. The lowest BCUT2D eigenvalue weighted by Crippen LogP contribution is -1.93. The van der Waals surface area contributed by atoms with Gasteiger partial charge in [0.1, 0.15) is 0 Å². The van der Waals surface area contributed by atoms with Crippen molar-refractivity contribution < 1.29 is 0 Å². The maximum absolute atomic E-state index is 5.80. The van der Waals surface area contributed by atoms with E-state index in [0.717, 1.165) is 11.3 Å². The SMILES string of the molecule is Cc1ccc(-c2ccnc(Cl)n2)c(C)c1C. The highest BCUT2D eigenvalue weighted by atomic mass is 35.5. The minimum absolute atomic E-state index is 0.287. The molecule has 0 unspecified atom stereocenters. The summed E-state index contributed by atoms with van der Waals surface area (Å²) in [7, 11) is 0. The lowest BCUT2D eigenvalue weighted by atomic mass is 9.97. The number of rotatable bonds is 1. The van der Waals surface area contributed by atoms with Gasteiger partial charge in [-0.15, -0.1) is 0 Å². The zero-order valence-electron chi connectivity index (χ0n) is 9.58.